The Morgan fingerprint density at radius 1 is 1.29 bits per heavy atom. The lowest BCUT2D eigenvalue weighted by Gasteiger charge is -2.16. The van der Waals surface area contributed by atoms with Crippen molar-refractivity contribution >= 4 is 28.3 Å². The number of nitrogens with one attached hydrogen (secondary N) is 2. The van der Waals surface area contributed by atoms with Gasteiger partial charge >= 0.3 is 0 Å². The smallest absolute Gasteiger partial charge is 0.255 e. The number of benzene rings is 1. The molecule has 2 heterocycles. The van der Waals surface area contributed by atoms with E-state index in [1.165, 1.54) is 0 Å². The molecular weight excluding hydrogens is 266 g/mol. The van der Waals surface area contributed by atoms with Crippen molar-refractivity contribution in [3.05, 3.63) is 48.3 Å². The van der Waals surface area contributed by atoms with Gasteiger partial charge < -0.3 is 10.2 Å². The number of anilines is 2. The van der Waals surface area contributed by atoms with Gasteiger partial charge in [0.05, 0.1) is 17.4 Å². The topological polar surface area (TPSA) is 73.9 Å². The second-order valence-corrected chi connectivity index (χ2v) is 4.90. The number of aromatic nitrogens is 3. The van der Waals surface area contributed by atoms with Crippen LogP contribution in [0, 0.1) is 0 Å². The van der Waals surface area contributed by atoms with Crippen LogP contribution >= 0.6 is 0 Å². The van der Waals surface area contributed by atoms with Gasteiger partial charge in [-0.1, -0.05) is 6.07 Å². The number of H-pyrrole nitrogens is 1. The highest BCUT2D eigenvalue weighted by atomic mass is 16.1. The van der Waals surface area contributed by atoms with E-state index in [0.717, 1.165) is 10.9 Å². The standard InChI is InChI=1S/C15H15N5O/c1-20(2)14-12(4-3-7-16-14)18-15(21)10-5-6-11-9-17-19-13(11)8-10/h3-9H,1-2H3,(H,17,19)(H,18,21). The van der Waals surface area contributed by atoms with E-state index in [9.17, 15) is 4.79 Å². The molecule has 1 amide bonds. The highest BCUT2D eigenvalue weighted by molar-refractivity contribution is 6.07. The van der Waals surface area contributed by atoms with Gasteiger partial charge in [-0.25, -0.2) is 4.98 Å². The molecule has 0 aliphatic carbocycles. The summed E-state index contributed by atoms with van der Waals surface area (Å²) in [5, 5.41) is 10.7. The number of carbonyl (C=O) groups is 1. The Labute approximate surface area is 121 Å². The SMILES string of the molecule is CN(C)c1ncccc1NC(=O)c1ccc2cn[nH]c2c1. The van der Waals surface area contributed by atoms with Crippen LogP contribution in [0.1, 0.15) is 10.4 Å². The Morgan fingerprint density at radius 2 is 2.14 bits per heavy atom. The summed E-state index contributed by atoms with van der Waals surface area (Å²) in [6.07, 6.45) is 3.42. The molecule has 0 saturated carbocycles. The molecule has 3 rings (SSSR count). The lowest BCUT2D eigenvalue weighted by molar-refractivity contribution is 0.102. The first-order valence-electron chi connectivity index (χ1n) is 6.52. The normalized spacial score (nSPS) is 10.6. The lowest BCUT2D eigenvalue weighted by Crippen LogP contribution is -2.17. The number of carbonyl (C=O) groups excluding carboxylic acids is 1. The van der Waals surface area contributed by atoms with E-state index in [4.69, 9.17) is 0 Å². The summed E-state index contributed by atoms with van der Waals surface area (Å²) in [5.74, 6) is 0.538. The molecule has 0 radical (unpaired) electrons. The quantitative estimate of drug-likeness (QED) is 0.772. The minimum atomic E-state index is -0.178. The predicted molar refractivity (Wildman–Crippen MR) is 82.6 cm³/mol. The second kappa shape index (κ2) is 5.24. The number of pyridine rings is 1. The maximum absolute atomic E-state index is 12.4. The van der Waals surface area contributed by atoms with E-state index < -0.39 is 0 Å². The number of fused-ring (bicyclic) bond motifs is 1. The van der Waals surface area contributed by atoms with Crippen LogP contribution < -0.4 is 10.2 Å². The van der Waals surface area contributed by atoms with Gasteiger partial charge in [-0.15, -0.1) is 0 Å². The Balaban J connectivity index is 1.89. The first-order valence-corrected chi connectivity index (χ1v) is 6.52. The molecule has 0 aliphatic heterocycles. The summed E-state index contributed by atoms with van der Waals surface area (Å²) in [6, 6.07) is 9.04. The zero-order valence-electron chi connectivity index (χ0n) is 11.8. The van der Waals surface area contributed by atoms with E-state index in [-0.39, 0.29) is 5.91 Å². The number of amides is 1. The van der Waals surface area contributed by atoms with Crippen LogP contribution in [0.25, 0.3) is 10.9 Å². The molecule has 0 atom stereocenters. The fourth-order valence-corrected chi connectivity index (χ4v) is 2.12. The van der Waals surface area contributed by atoms with Crippen molar-refractivity contribution in [1.82, 2.24) is 15.2 Å². The Morgan fingerprint density at radius 3 is 2.95 bits per heavy atom. The van der Waals surface area contributed by atoms with Gasteiger partial charge in [0.15, 0.2) is 5.82 Å². The Bertz CT molecular complexity index is 793. The average molecular weight is 281 g/mol. The van der Waals surface area contributed by atoms with E-state index in [2.05, 4.69) is 20.5 Å². The van der Waals surface area contributed by atoms with Crippen molar-refractivity contribution in [3.63, 3.8) is 0 Å². The maximum Gasteiger partial charge on any atom is 0.255 e. The first kappa shape index (κ1) is 13.1. The van der Waals surface area contributed by atoms with Crippen LogP contribution in [0.5, 0.6) is 0 Å². The monoisotopic (exact) mass is 281 g/mol. The van der Waals surface area contributed by atoms with Crippen LogP contribution in [-0.4, -0.2) is 35.2 Å². The fourth-order valence-electron chi connectivity index (χ4n) is 2.12. The van der Waals surface area contributed by atoms with E-state index in [1.807, 2.05) is 31.1 Å². The maximum atomic E-state index is 12.4. The van der Waals surface area contributed by atoms with E-state index in [0.29, 0.717) is 17.1 Å². The van der Waals surface area contributed by atoms with Gasteiger partial charge in [-0.2, -0.15) is 5.10 Å². The van der Waals surface area contributed by atoms with Gasteiger partial charge in [-0.3, -0.25) is 9.89 Å². The third-order valence-electron chi connectivity index (χ3n) is 3.16. The van der Waals surface area contributed by atoms with Gasteiger partial charge in [0, 0.05) is 31.2 Å². The van der Waals surface area contributed by atoms with Gasteiger partial charge in [0.1, 0.15) is 0 Å². The molecule has 0 spiro atoms. The zero-order valence-corrected chi connectivity index (χ0v) is 11.8. The largest absolute Gasteiger partial charge is 0.361 e. The van der Waals surface area contributed by atoms with Crippen molar-refractivity contribution < 1.29 is 4.79 Å². The molecule has 0 fully saturated rings. The summed E-state index contributed by atoms with van der Waals surface area (Å²) < 4.78 is 0. The molecule has 2 N–H and O–H groups in total. The number of rotatable bonds is 3. The number of nitrogens with zero attached hydrogens (tertiary/aromatic N) is 3. The van der Waals surface area contributed by atoms with Gasteiger partial charge in [0.2, 0.25) is 0 Å². The fraction of sp³-hybridized carbons (Fsp3) is 0.133. The summed E-state index contributed by atoms with van der Waals surface area (Å²) in [5.41, 5.74) is 2.08. The molecule has 0 bridgehead atoms. The van der Waals surface area contributed by atoms with Crippen LogP contribution in [0.4, 0.5) is 11.5 Å². The van der Waals surface area contributed by atoms with Gasteiger partial charge in [0.25, 0.3) is 5.91 Å². The van der Waals surface area contributed by atoms with Crippen molar-refractivity contribution in [2.75, 3.05) is 24.3 Å². The first-order chi connectivity index (χ1) is 10.1. The van der Waals surface area contributed by atoms with Crippen LogP contribution in [0.15, 0.2) is 42.7 Å². The average Bonchev–Trinajstić information content (AvgIpc) is 2.94. The highest BCUT2D eigenvalue weighted by Crippen LogP contribution is 2.21. The number of hydrogen-bond acceptors (Lipinski definition) is 4. The van der Waals surface area contributed by atoms with Gasteiger partial charge in [-0.05, 0) is 24.3 Å². The molecule has 3 aromatic rings. The minimum Gasteiger partial charge on any atom is -0.361 e. The molecular formula is C15H15N5O. The molecule has 1 aromatic carbocycles. The lowest BCUT2D eigenvalue weighted by atomic mass is 10.1. The highest BCUT2D eigenvalue weighted by Gasteiger charge is 2.11. The molecule has 6 nitrogen and oxygen atoms in total. The molecule has 0 unspecified atom stereocenters. The van der Waals surface area contributed by atoms with Crippen molar-refractivity contribution in [2.24, 2.45) is 0 Å². The molecule has 0 aliphatic rings. The molecule has 0 saturated heterocycles. The van der Waals surface area contributed by atoms with Crippen molar-refractivity contribution in [3.8, 4) is 0 Å². The molecule has 6 heteroatoms. The van der Waals surface area contributed by atoms with Crippen LogP contribution in [-0.2, 0) is 0 Å². The minimum absolute atomic E-state index is 0.178. The molecule has 106 valence electrons. The third kappa shape index (κ3) is 2.55. The van der Waals surface area contributed by atoms with Crippen LogP contribution in [0.3, 0.4) is 0 Å². The Hall–Kier alpha value is -2.89. The summed E-state index contributed by atoms with van der Waals surface area (Å²) in [6.45, 7) is 0. The number of hydrogen-bond donors (Lipinski definition) is 2. The summed E-state index contributed by atoms with van der Waals surface area (Å²) in [4.78, 5) is 18.5. The van der Waals surface area contributed by atoms with Crippen molar-refractivity contribution in [2.45, 2.75) is 0 Å². The molecule has 2 aromatic heterocycles. The van der Waals surface area contributed by atoms with E-state index in [1.54, 1.807) is 30.6 Å². The third-order valence-corrected chi connectivity index (χ3v) is 3.16. The summed E-state index contributed by atoms with van der Waals surface area (Å²) >= 11 is 0. The Kier molecular flexibility index (Phi) is 3.27. The predicted octanol–water partition coefficient (Wildman–Crippen LogP) is 2.28. The second-order valence-electron chi connectivity index (χ2n) is 4.90. The zero-order chi connectivity index (χ0) is 14.8. The number of aromatic amines is 1. The molecule has 21 heavy (non-hydrogen) atoms. The van der Waals surface area contributed by atoms with Crippen molar-refractivity contribution in [1.29, 1.82) is 0 Å². The van der Waals surface area contributed by atoms with E-state index >= 15 is 0 Å². The van der Waals surface area contributed by atoms with Crippen LogP contribution in [0.2, 0.25) is 0 Å². The summed E-state index contributed by atoms with van der Waals surface area (Å²) in [7, 11) is 3.77.